The van der Waals surface area contributed by atoms with E-state index < -0.39 is 10.0 Å². The van der Waals surface area contributed by atoms with Crippen molar-refractivity contribution in [2.75, 3.05) is 11.8 Å². The Balaban J connectivity index is 1.89. The number of hydrogen-bond acceptors (Lipinski definition) is 4. The molecule has 136 valence electrons. The highest BCUT2D eigenvalue weighted by Gasteiger charge is 2.19. The number of fused-ring (bicyclic) bond motifs is 2. The maximum absolute atomic E-state index is 13.2. The minimum absolute atomic E-state index is 0.226. The first-order valence-corrected chi connectivity index (χ1v) is 9.92. The Kier molecular flexibility index (Phi) is 4.20. The summed E-state index contributed by atoms with van der Waals surface area (Å²) in [5.74, 6) is 0.559. The molecular weight excluding hydrogens is 360 g/mol. The highest BCUT2D eigenvalue weighted by molar-refractivity contribution is 7.93. The van der Waals surface area contributed by atoms with Gasteiger partial charge in [0.25, 0.3) is 10.0 Å². The fourth-order valence-corrected chi connectivity index (χ4v) is 4.42. The van der Waals surface area contributed by atoms with E-state index in [4.69, 9.17) is 4.74 Å². The van der Waals surface area contributed by atoms with Crippen LogP contribution in [0, 0.1) is 6.92 Å². The van der Waals surface area contributed by atoms with Gasteiger partial charge in [-0.25, -0.2) is 8.42 Å². The zero-order chi connectivity index (χ0) is 19.0. The third kappa shape index (κ3) is 3.19. The van der Waals surface area contributed by atoms with Crippen LogP contribution in [0.25, 0.3) is 21.7 Å². The molecule has 0 saturated carbocycles. The molecule has 0 fully saturated rings. The van der Waals surface area contributed by atoms with Crippen molar-refractivity contribution in [3.8, 4) is 5.75 Å². The van der Waals surface area contributed by atoms with Crippen LogP contribution >= 0.6 is 0 Å². The molecule has 27 heavy (non-hydrogen) atoms. The summed E-state index contributed by atoms with van der Waals surface area (Å²) in [7, 11) is -2.27. The van der Waals surface area contributed by atoms with Gasteiger partial charge in [-0.3, -0.25) is 9.71 Å². The second-order valence-corrected chi connectivity index (χ2v) is 7.93. The number of aryl methyl sites for hydroxylation is 1. The molecule has 0 aliphatic rings. The third-order valence-corrected chi connectivity index (χ3v) is 5.85. The van der Waals surface area contributed by atoms with Crippen LogP contribution in [-0.2, 0) is 10.0 Å². The van der Waals surface area contributed by atoms with Crippen LogP contribution in [0.5, 0.6) is 5.75 Å². The highest BCUT2D eigenvalue weighted by Crippen LogP contribution is 2.31. The summed E-state index contributed by atoms with van der Waals surface area (Å²) < 4.78 is 34.4. The van der Waals surface area contributed by atoms with Gasteiger partial charge in [-0.1, -0.05) is 42.5 Å². The lowest BCUT2D eigenvalue weighted by atomic mass is 10.1. The van der Waals surface area contributed by atoms with Gasteiger partial charge >= 0.3 is 0 Å². The Hall–Kier alpha value is -3.12. The molecule has 6 heteroatoms. The summed E-state index contributed by atoms with van der Waals surface area (Å²) in [6, 6.07) is 19.9. The smallest absolute Gasteiger partial charge is 0.262 e. The van der Waals surface area contributed by atoms with Crippen molar-refractivity contribution >= 4 is 37.4 Å². The number of hydrogen-bond donors (Lipinski definition) is 1. The highest BCUT2D eigenvalue weighted by atomic mass is 32.2. The molecule has 0 radical (unpaired) electrons. The van der Waals surface area contributed by atoms with Crippen LogP contribution in [0.3, 0.4) is 0 Å². The van der Waals surface area contributed by atoms with E-state index in [-0.39, 0.29) is 4.90 Å². The molecule has 4 aromatic rings. The normalized spacial score (nSPS) is 11.6. The number of methoxy groups -OCH3 is 1. The average molecular weight is 378 g/mol. The summed E-state index contributed by atoms with van der Waals surface area (Å²) in [6.45, 7) is 1.87. The van der Waals surface area contributed by atoms with Crippen molar-refractivity contribution in [1.29, 1.82) is 0 Å². The van der Waals surface area contributed by atoms with E-state index in [0.29, 0.717) is 22.3 Å². The molecule has 0 spiro atoms. The lowest BCUT2D eigenvalue weighted by molar-refractivity contribution is 0.415. The summed E-state index contributed by atoms with van der Waals surface area (Å²) in [4.78, 5) is 4.73. The van der Waals surface area contributed by atoms with Crippen LogP contribution in [0.2, 0.25) is 0 Å². The number of nitrogens with zero attached hydrogens (tertiary/aromatic N) is 1. The van der Waals surface area contributed by atoms with Gasteiger partial charge in [0.05, 0.1) is 23.2 Å². The van der Waals surface area contributed by atoms with E-state index in [0.717, 1.165) is 16.5 Å². The molecule has 0 bridgehead atoms. The first-order valence-electron chi connectivity index (χ1n) is 8.44. The first-order chi connectivity index (χ1) is 13.0. The average Bonchev–Trinajstić information content (AvgIpc) is 2.67. The van der Waals surface area contributed by atoms with E-state index >= 15 is 0 Å². The lowest BCUT2D eigenvalue weighted by Crippen LogP contribution is -2.14. The van der Waals surface area contributed by atoms with Crippen molar-refractivity contribution < 1.29 is 13.2 Å². The topological polar surface area (TPSA) is 68.3 Å². The second kappa shape index (κ2) is 6.55. The summed E-state index contributed by atoms with van der Waals surface area (Å²) in [5, 5.41) is 2.34. The van der Waals surface area contributed by atoms with Gasteiger partial charge in [-0.2, -0.15) is 0 Å². The number of nitrogens with one attached hydrogen (secondary N) is 1. The molecule has 1 heterocycles. The van der Waals surface area contributed by atoms with Gasteiger partial charge in [-0.05, 0) is 30.5 Å². The Morgan fingerprint density at radius 2 is 1.70 bits per heavy atom. The zero-order valence-electron chi connectivity index (χ0n) is 14.9. The zero-order valence-corrected chi connectivity index (χ0v) is 15.7. The van der Waals surface area contributed by atoms with Gasteiger partial charge in [0.2, 0.25) is 0 Å². The van der Waals surface area contributed by atoms with E-state index in [9.17, 15) is 8.42 Å². The van der Waals surface area contributed by atoms with E-state index in [1.165, 1.54) is 0 Å². The van der Waals surface area contributed by atoms with Crippen LogP contribution in [-0.4, -0.2) is 20.5 Å². The number of pyridine rings is 1. The maximum atomic E-state index is 13.2. The van der Waals surface area contributed by atoms with Crippen LogP contribution in [0.1, 0.15) is 5.69 Å². The van der Waals surface area contributed by atoms with Crippen molar-refractivity contribution in [3.63, 3.8) is 0 Å². The van der Waals surface area contributed by atoms with Gasteiger partial charge in [0, 0.05) is 22.5 Å². The molecule has 5 nitrogen and oxygen atoms in total. The largest absolute Gasteiger partial charge is 0.497 e. The SMILES string of the molecule is COc1cc(NS(=O)(=O)c2cccc3ccccc23)c2nc(C)ccc2c1. The van der Waals surface area contributed by atoms with E-state index in [2.05, 4.69) is 9.71 Å². The fourth-order valence-electron chi connectivity index (χ4n) is 3.13. The molecule has 0 unspecified atom stereocenters. The summed E-state index contributed by atoms with van der Waals surface area (Å²) >= 11 is 0. The van der Waals surface area contributed by atoms with Crippen LogP contribution in [0.15, 0.2) is 71.6 Å². The van der Waals surface area contributed by atoms with Crippen molar-refractivity contribution in [3.05, 3.63) is 72.4 Å². The molecule has 0 aliphatic heterocycles. The van der Waals surface area contributed by atoms with Crippen molar-refractivity contribution in [2.24, 2.45) is 0 Å². The minimum atomic E-state index is -3.81. The third-order valence-electron chi connectivity index (χ3n) is 4.42. The standard InChI is InChI=1S/C21H18N2O3S/c1-14-10-11-16-12-17(26-2)13-19(21(16)22-14)23-27(24,25)20-9-5-7-15-6-3-4-8-18(15)20/h3-13,23H,1-2H3. The van der Waals surface area contributed by atoms with Crippen molar-refractivity contribution in [1.82, 2.24) is 4.98 Å². The number of ether oxygens (including phenoxy) is 1. The molecule has 4 rings (SSSR count). The molecular formula is C21H18N2O3S. The number of benzene rings is 3. The molecule has 0 saturated heterocycles. The van der Waals surface area contributed by atoms with Gasteiger partial charge in [-0.15, -0.1) is 0 Å². The molecule has 0 atom stereocenters. The number of aromatic nitrogens is 1. The minimum Gasteiger partial charge on any atom is -0.497 e. The molecule has 1 N–H and O–H groups in total. The lowest BCUT2D eigenvalue weighted by Gasteiger charge is -2.14. The second-order valence-electron chi connectivity index (χ2n) is 6.28. The van der Waals surface area contributed by atoms with Gasteiger partial charge in [0.1, 0.15) is 5.75 Å². The fraction of sp³-hybridized carbons (Fsp3) is 0.0952. The molecule has 0 amide bonds. The van der Waals surface area contributed by atoms with E-state index in [1.807, 2.05) is 49.4 Å². The Bertz CT molecular complexity index is 1260. The molecule has 0 aliphatic carbocycles. The molecule has 1 aromatic heterocycles. The number of sulfonamides is 1. The van der Waals surface area contributed by atoms with Gasteiger partial charge < -0.3 is 4.74 Å². The predicted octanol–water partition coefficient (Wildman–Crippen LogP) is 4.51. The van der Waals surface area contributed by atoms with Crippen molar-refractivity contribution in [2.45, 2.75) is 11.8 Å². The van der Waals surface area contributed by atoms with E-state index in [1.54, 1.807) is 31.4 Å². The van der Waals surface area contributed by atoms with Crippen LogP contribution < -0.4 is 9.46 Å². The summed E-state index contributed by atoms with van der Waals surface area (Å²) in [6.07, 6.45) is 0. The number of rotatable bonds is 4. The Labute approximate surface area is 157 Å². The Morgan fingerprint density at radius 3 is 2.52 bits per heavy atom. The molecule has 3 aromatic carbocycles. The quantitative estimate of drug-likeness (QED) is 0.567. The Morgan fingerprint density at radius 1 is 0.926 bits per heavy atom. The summed E-state index contributed by atoms with van der Waals surface area (Å²) in [5.41, 5.74) is 1.78. The van der Waals surface area contributed by atoms with Gasteiger partial charge in [0.15, 0.2) is 0 Å². The predicted molar refractivity (Wildman–Crippen MR) is 108 cm³/mol. The maximum Gasteiger partial charge on any atom is 0.262 e. The first kappa shape index (κ1) is 17.3. The monoisotopic (exact) mass is 378 g/mol. The number of anilines is 1. The van der Waals surface area contributed by atoms with Crippen LogP contribution in [0.4, 0.5) is 5.69 Å².